The van der Waals surface area contributed by atoms with E-state index < -0.39 is 0 Å². The number of rotatable bonds is 12. The Bertz CT molecular complexity index is 150. The maximum Gasteiger partial charge on any atom is 0.0540 e. The van der Waals surface area contributed by atoms with E-state index in [9.17, 15) is 10.2 Å². The highest BCUT2D eigenvalue weighted by Crippen LogP contribution is 2.12. The molecule has 2 unspecified atom stereocenters. The minimum atomic E-state index is -0.237. The molecule has 1 radical (unpaired) electrons. The largest absolute Gasteiger partial charge is 0.396 e. The van der Waals surface area contributed by atoms with Gasteiger partial charge in [0.1, 0.15) is 0 Å². The van der Waals surface area contributed by atoms with E-state index in [-0.39, 0.29) is 18.8 Å². The smallest absolute Gasteiger partial charge is 0.0540 e. The maximum absolute atomic E-state index is 9.63. The van der Waals surface area contributed by atoms with Crippen molar-refractivity contribution in [1.82, 2.24) is 0 Å². The molecule has 2 atom stereocenters. The molecular formula is C14H29O3. The zero-order valence-electron chi connectivity index (χ0n) is 11.0. The summed E-state index contributed by atoms with van der Waals surface area (Å²) in [4.78, 5) is 0. The van der Waals surface area contributed by atoms with Crippen LogP contribution in [0.3, 0.4) is 0 Å². The first-order valence-electron chi connectivity index (χ1n) is 6.97. The summed E-state index contributed by atoms with van der Waals surface area (Å²) in [6, 6.07) is 0. The summed E-state index contributed by atoms with van der Waals surface area (Å²) in [5, 5.41) is 27.8. The van der Waals surface area contributed by atoms with E-state index >= 15 is 0 Å². The fourth-order valence-corrected chi connectivity index (χ4v) is 1.92. The molecule has 0 aliphatic carbocycles. The second-order valence-electron chi connectivity index (χ2n) is 4.81. The summed E-state index contributed by atoms with van der Waals surface area (Å²) in [6.45, 7) is 3.96. The minimum absolute atomic E-state index is 0.191. The van der Waals surface area contributed by atoms with Gasteiger partial charge in [-0.15, -0.1) is 0 Å². The second-order valence-corrected chi connectivity index (χ2v) is 4.81. The zero-order chi connectivity index (χ0) is 12.9. The Morgan fingerprint density at radius 1 is 0.706 bits per heavy atom. The number of unbranched alkanes of at least 4 members (excludes halogenated alkanes) is 3. The summed E-state index contributed by atoms with van der Waals surface area (Å²) in [6.07, 6.45) is 8.36. The molecule has 103 valence electrons. The highest BCUT2D eigenvalue weighted by atomic mass is 16.3. The van der Waals surface area contributed by atoms with Crippen LogP contribution in [0.2, 0.25) is 0 Å². The molecule has 0 fully saturated rings. The van der Waals surface area contributed by atoms with E-state index in [1.807, 2.05) is 0 Å². The van der Waals surface area contributed by atoms with Crippen LogP contribution in [-0.4, -0.2) is 34.1 Å². The van der Waals surface area contributed by atoms with Gasteiger partial charge >= 0.3 is 0 Å². The molecule has 0 spiro atoms. The van der Waals surface area contributed by atoms with Crippen molar-refractivity contribution >= 4 is 0 Å². The molecule has 3 heteroatoms. The SMILES string of the molecule is [CH2]CCCC(O)CCCCC(O)CCCCO. The molecule has 0 saturated heterocycles. The molecule has 3 N–H and O–H groups in total. The highest BCUT2D eigenvalue weighted by molar-refractivity contribution is 4.60. The Labute approximate surface area is 106 Å². The lowest BCUT2D eigenvalue weighted by Gasteiger charge is -2.12. The van der Waals surface area contributed by atoms with Gasteiger partial charge in [-0.05, 0) is 38.5 Å². The standard InChI is InChI=1S/C14H29O3/c1-2-3-8-13(16)9-4-5-10-14(17)11-6-7-12-15/h13-17H,1-12H2. The molecule has 0 aromatic carbocycles. The summed E-state index contributed by atoms with van der Waals surface area (Å²) < 4.78 is 0. The normalized spacial score (nSPS) is 14.8. The maximum atomic E-state index is 9.63. The predicted octanol–water partition coefficient (Wildman–Crippen LogP) is 2.44. The van der Waals surface area contributed by atoms with E-state index in [4.69, 9.17) is 5.11 Å². The molecule has 0 bridgehead atoms. The summed E-state index contributed by atoms with van der Waals surface area (Å²) in [5.41, 5.74) is 0. The van der Waals surface area contributed by atoms with E-state index in [0.29, 0.717) is 0 Å². The zero-order valence-corrected chi connectivity index (χ0v) is 11.0. The second kappa shape index (κ2) is 12.3. The van der Waals surface area contributed by atoms with Crippen LogP contribution in [0.4, 0.5) is 0 Å². The van der Waals surface area contributed by atoms with Gasteiger partial charge in [-0.2, -0.15) is 0 Å². The molecular weight excluding hydrogens is 216 g/mol. The molecule has 0 aromatic heterocycles. The Kier molecular flexibility index (Phi) is 12.3. The Hall–Kier alpha value is -0.120. The van der Waals surface area contributed by atoms with Gasteiger partial charge in [0.25, 0.3) is 0 Å². The number of aliphatic hydroxyl groups excluding tert-OH is 3. The summed E-state index contributed by atoms with van der Waals surface area (Å²) in [5.74, 6) is 0. The van der Waals surface area contributed by atoms with Gasteiger partial charge in [0.05, 0.1) is 12.2 Å². The van der Waals surface area contributed by atoms with Crippen LogP contribution in [0, 0.1) is 6.92 Å². The van der Waals surface area contributed by atoms with Crippen molar-refractivity contribution in [3.63, 3.8) is 0 Å². The lowest BCUT2D eigenvalue weighted by Crippen LogP contribution is -2.09. The first-order valence-corrected chi connectivity index (χ1v) is 6.97. The third kappa shape index (κ3) is 12.1. The van der Waals surface area contributed by atoms with Crippen molar-refractivity contribution in [2.45, 2.75) is 76.4 Å². The lowest BCUT2D eigenvalue weighted by atomic mass is 10.0. The Morgan fingerprint density at radius 3 is 1.53 bits per heavy atom. The van der Waals surface area contributed by atoms with E-state index in [1.54, 1.807) is 0 Å². The van der Waals surface area contributed by atoms with E-state index in [1.165, 1.54) is 0 Å². The molecule has 0 rings (SSSR count). The van der Waals surface area contributed by atoms with Gasteiger partial charge in [0.15, 0.2) is 0 Å². The fourth-order valence-electron chi connectivity index (χ4n) is 1.92. The van der Waals surface area contributed by atoms with Crippen molar-refractivity contribution in [2.75, 3.05) is 6.61 Å². The van der Waals surface area contributed by atoms with Crippen molar-refractivity contribution in [1.29, 1.82) is 0 Å². The molecule has 0 saturated carbocycles. The molecule has 0 aliphatic rings. The number of hydrogen-bond acceptors (Lipinski definition) is 3. The van der Waals surface area contributed by atoms with Crippen LogP contribution in [0.1, 0.15) is 64.2 Å². The predicted molar refractivity (Wildman–Crippen MR) is 70.6 cm³/mol. The van der Waals surface area contributed by atoms with Crippen LogP contribution in [-0.2, 0) is 0 Å². The van der Waals surface area contributed by atoms with Crippen molar-refractivity contribution in [3.8, 4) is 0 Å². The molecule has 17 heavy (non-hydrogen) atoms. The third-order valence-electron chi connectivity index (χ3n) is 3.06. The Morgan fingerprint density at radius 2 is 1.12 bits per heavy atom. The molecule has 3 nitrogen and oxygen atoms in total. The summed E-state index contributed by atoms with van der Waals surface area (Å²) in [7, 11) is 0. The van der Waals surface area contributed by atoms with E-state index in [0.717, 1.165) is 64.2 Å². The third-order valence-corrected chi connectivity index (χ3v) is 3.06. The fraction of sp³-hybridized carbons (Fsp3) is 0.929. The molecule has 0 amide bonds. The number of hydrogen-bond donors (Lipinski definition) is 3. The van der Waals surface area contributed by atoms with Gasteiger partial charge < -0.3 is 15.3 Å². The van der Waals surface area contributed by atoms with Crippen LogP contribution < -0.4 is 0 Å². The van der Waals surface area contributed by atoms with Crippen LogP contribution in [0.25, 0.3) is 0 Å². The first kappa shape index (κ1) is 16.9. The minimum Gasteiger partial charge on any atom is -0.396 e. The average Bonchev–Trinajstić information content (AvgIpc) is 2.32. The monoisotopic (exact) mass is 245 g/mol. The number of aliphatic hydroxyl groups is 3. The van der Waals surface area contributed by atoms with Gasteiger partial charge in [0, 0.05) is 6.61 Å². The van der Waals surface area contributed by atoms with Crippen LogP contribution in [0.5, 0.6) is 0 Å². The van der Waals surface area contributed by atoms with Gasteiger partial charge in [-0.3, -0.25) is 0 Å². The molecule has 0 aromatic rings. The molecule has 0 aliphatic heterocycles. The van der Waals surface area contributed by atoms with Crippen molar-refractivity contribution in [2.24, 2.45) is 0 Å². The first-order chi connectivity index (χ1) is 8.20. The quantitative estimate of drug-likeness (QED) is 0.463. The van der Waals surface area contributed by atoms with E-state index in [2.05, 4.69) is 6.92 Å². The van der Waals surface area contributed by atoms with Gasteiger partial charge in [-0.25, -0.2) is 0 Å². The van der Waals surface area contributed by atoms with Gasteiger partial charge in [-0.1, -0.05) is 32.6 Å². The Balaban J connectivity index is 3.25. The highest BCUT2D eigenvalue weighted by Gasteiger charge is 2.06. The lowest BCUT2D eigenvalue weighted by molar-refractivity contribution is 0.131. The molecule has 0 heterocycles. The topological polar surface area (TPSA) is 60.7 Å². The van der Waals surface area contributed by atoms with Gasteiger partial charge in [0.2, 0.25) is 0 Å². The average molecular weight is 245 g/mol. The van der Waals surface area contributed by atoms with Crippen LogP contribution in [0.15, 0.2) is 0 Å². The summed E-state index contributed by atoms with van der Waals surface area (Å²) >= 11 is 0. The van der Waals surface area contributed by atoms with Crippen LogP contribution >= 0.6 is 0 Å². The van der Waals surface area contributed by atoms with Crippen molar-refractivity contribution < 1.29 is 15.3 Å². The van der Waals surface area contributed by atoms with Crippen molar-refractivity contribution in [3.05, 3.63) is 6.92 Å².